The Kier molecular flexibility index (Phi) is 5.94. The number of nitrogens with zero attached hydrogens (tertiary/aromatic N) is 4. The fourth-order valence-corrected chi connectivity index (χ4v) is 5.55. The Hall–Kier alpha value is -2.76. The highest BCUT2D eigenvalue weighted by Crippen LogP contribution is 2.36. The molecule has 6 heteroatoms. The van der Waals surface area contributed by atoms with Crippen LogP contribution in [0.25, 0.3) is 0 Å². The minimum absolute atomic E-state index is 0.0344. The van der Waals surface area contributed by atoms with E-state index in [0.717, 1.165) is 42.9 Å². The van der Waals surface area contributed by atoms with Gasteiger partial charge in [-0.2, -0.15) is 0 Å². The third-order valence-electron chi connectivity index (χ3n) is 7.34. The number of aromatic nitrogens is 2. The Morgan fingerprint density at radius 2 is 1.75 bits per heavy atom. The zero-order valence-corrected chi connectivity index (χ0v) is 18.9. The summed E-state index contributed by atoms with van der Waals surface area (Å²) in [7, 11) is 0. The van der Waals surface area contributed by atoms with Gasteiger partial charge in [0.1, 0.15) is 5.82 Å². The number of aryl methyl sites for hydroxylation is 1. The van der Waals surface area contributed by atoms with Gasteiger partial charge in [0.15, 0.2) is 5.82 Å². The van der Waals surface area contributed by atoms with Crippen molar-refractivity contribution >= 4 is 17.6 Å². The molecular weight excluding hydrogens is 400 g/mol. The number of fused-ring (bicyclic) bond motifs is 1. The second kappa shape index (κ2) is 9.00. The molecule has 2 amide bonds. The summed E-state index contributed by atoms with van der Waals surface area (Å²) in [5.41, 5.74) is 2.54. The van der Waals surface area contributed by atoms with Crippen molar-refractivity contribution < 1.29 is 9.59 Å². The molecule has 1 aliphatic carbocycles. The number of anilines is 1. The fraction of sp³-hybridized carbons (Fsp3) is 0.538. The van der Waals surface area contributed by atoms with Gasteiger partial charge in [0, 0.05) is 29.9 Å². The molecule has 168 valence electrons. The molecule has 1 aromatic heterocycles. The third kappa shape index (κ3) is 4.03. The first-order valence-electron chi connectivity index (χ1n) is 12.2. The first-order valence-corrected chi connectivity index (χ1v) is 12.2. The second-order valence-corrected chi connectivity index (χ2v) is 9.53. The molecule has 0 radical (unpaired) electrons. The lowest BCUT2D eigenvalue weighted by Gasteiger charge is -2.35. The summed E-state index contributed by atoms with van der Waals surface area (Å²) in [6.45, 7) is 3.45. The van der Waals surface area contributed by atoms with E-state index >= 15 is 0 Å². The Morgan fingerprint density at radius 1 is 1.00 bits per heavy atom. The maximum Gasteiger partial charge on any atom is 0.254 e. The summed E-state index contributed by atoms with van der Waals surface area (Å²) in [5.74, 6) is 2.21. The number of carbonyl (C=O) groups excluding carboxylic acids is 2. The zero-order chi connectivity index (χ0) is 22.1. The molecule has 2 fully saturated rings. The Bertz CT molecular complexity index is 1000. The summed E-state index contributed by atoms with van der Waals surface area (Å²) in [6.07, 6.45) is 9.49. The Labute approximate surface area is 190 Å². The van der Waals surface area contributed by atoms with Crippen LogP contribution in [0.3, 0.4) is 0 Å². The van der Waals surface area contributed by atoms with E-state index in [1.54, 1.807) is 0 Å². The van der Waals surface area contributed by atoms with Crippen molar-refractivity contribution in [2.45, 2.75) is 70.8 Å². The minimum Gasteiger partial charge on any atom is -0.328 e. The molecule has 1 saturated heterocycles. The number of carbonyl (C=O) groups is 2. The van der Waals surface area contributed by atoms with Gasteiger partial charge in [-0.1, -0.05) is 37.5 Å². The van der Waals surface area contributed by atoms with Crippen LogP contribution in [0.4, 0.5) is 5.82 Å². The average Bonchev–Trinajstić information content (AvgIpc) is 3.15. The van der Waals surface area contributed by atoms with Crippen molar-refractivity contribution in [3.05, 3.63) is 53.0 Å². The molecule has 3 heterocycles. The molecule has 1 atom stereocenters. The summed E-state index contributed by atoms with van der Waals surface area (Å²) in [5, 5.41) is 0. The van der Waals surface area contributed by atoms with E-state index in [0.29, 0.717) is 30.3 Å². The summed E-state index contributed by atoms with van der Waals surface area (Å²) >= 11 is 0. The van der Waals surface area contributed by atoms with Crippen LogP contribution in [0.2, 0.25) is 0 Å². The Morgan fingerprint density at radius 3 is 2.53 bits per heavy atom. The second-order valence-electron chi connectivity index (χ2n) is 9.53. The van der Waals surface area contributed by atoms with Crippen LogP contribution < -0.4 is 4.90 Å². The number of benzene rings is 1. The number of piperidine rings is 1. The van der Waals surface area contributed by atoms with Crippen LogP contribution in [0.5, 0.6) is 0 Å². The van der Waals surface area contributed by atoms with Gasteiger partial charge in [-0.25, -0.2) is 9.97 Å². The molecule has 0 spiro atoms. The highest BCUT2D eigenvalue weighted by molar-refractivity contribution is 6.00. The van der Waals surface area contributed by atoms with Crippen molar-refractivity contribution in [3.8, 4) is 0 Å². The molecule has 32 heavy (non-hydrogen) atoms. The normalized spacial score (nSPS) is 21.7. The largest absolute Gasteiger partial charge is 0.328 e. The highest BCUT2D eigenvalue weighted by atomic mass is 16.2. The van der Waals surface area contributed by atoms with Crippen LogP contribution in [0.15, 0.2) is 30.3 Å². The number of rotatable bonds is 4. The van der Waals surface area contributed by atoms with Gasteiger partial charge in [0.2, 0.25) is 5.91 Å². The maximum absolute atomic E-state index is 13.3. The first-order chi connectivity index (χ1) is 15.6. The number of hydrogen-bond acceptors (Lipinski definition) is 4. The first kappa shape index (κ1) is 21.1. The van der Waals surface area contributed by atoms with Crippen molar-refractivity contribution in [2.75, 3.05) is 18.0 Å². The van der Waals surface area contributed by atoms with Crippen LogP contribution >= 0.6 is 0 Å². The van der Waals surface area contributed by atoms with Gasteiger partial charge >= 0.3 is 0 Å². The van der Waals surface area contributed by atoms with Crippen LogP contribution in [0.1, 0.15) is 84.8 Å². The van der Waals surface area contributed by atoms with E-state index in [1.807, 2.05) is 47.1 Å². The van der Waals surface area contributed by atoms with Crippen molar-refractivity contribution in [2.24, 2.45) is 5.92 Å². The van der Waals surface area contributed by atoms with Crippen molar-refractivity contribution in [1.29, 1.82) is 0 Å². The fourth-order valence-electron chi connectivity index (χ4n) is 5.55. The summed E-state index contributed by atoms with van der Waals surface area (Å²) in [4.78, 5) is 39.8. The molecule has 1 aromatic carbocycles. The standard InChI is InChI=1S/C26H32N4O2/c1-18-21-16-23(31)30(17-19-10-4-2-5-11-19)25(21)28-24(27-18)22-14-8-9-15-29(22)26(32)20-12-6-3-7-13-20/h3,6-7,12-13,19,22H,2,4-5,8-11,14-17H2,1H3/t22-/m0/s1. The molecule has 2 aromatic rings. The summed E-state index contributed by atoms with van der Waals surface area (Å²) in [6, 6.07) is 9.32. The molecule has 2 aliphatic heterocycles. The quantitative estimate of drug-likeness (QED) is 0.707. The van der Waals surface area contributed by atoms with E-state index in [1.165, 1.54) is 32.1 Å². The molecule has 1 saturated carbocycles. The van der Waals surface area contributed by atoms with Gasteiger partial charge in [-0.3, -0.25) is 14.5 Å². The lowest BCUT2D eigenvalue weighted by Crippen LogP contribution is -2.39. The molecule has 0 unspecified atom stereocenters. The topological polar surface area (TPSA) is 66.4 Å². The highest BCUT2D eigenvalue weighted by Gasteiger charge is 2.36. The predicted molar refractivity (Wildman–Crippen MR) is 123 cm³/mol. The average molecular weight is 433 g/mol. The van der Waals surface area contributed by atoms with Gasteiger partial charge < -0.3 is 4.90 Å². The molecular formula is C26H32N4O2. The molecule has 0 N–H and O–H groups in total. The zero-order valence-electron chi connectivity index (χ0n) is 18.9. The number of hydrogen-bond donors (Lipinski definition) is 0. The van der Waals surface area contributed by atoms with Crippen LogP contribution in [-0.4, -0.2) is 39.8 Å². The Balaban J connectivity index is 1.45. The van der Waals surface area contributed by atoms with Gasteiger partial charge in [-0.05, 0) is 57.1 Å². The maximum atomic E-state index is 13.3. The van der Waals surface area contributed by atoms with E-state index < -0.39 is 0 Å². The van der Waals surface area contributed by atoms with E-state index in [-0.39, 0.29) is 17.9 Å². The number of amides is 2. The van der Waals surface area contributed by atoms with Crippen LogP contribution in [-0.2, 0) is 11.2 Å². The SMILES string of the molecule is Cc1nc([C@@H]2CCCCN2C(=O)c2ccccc2)nc2c1CC(=O)N2CC1CCCCC1. The lowest BCUT2D eigenvalue weighted by molar-refractivity contribution is -0.117. The van der Waals surface area contributed by atoms with Crippen molar-refractivity contribution in [3.63, 3.8) is 0 Å². The summed E-state index contributed by atoms with van der Waals surface area (Å²) < 4.78 is 0. The van der Waals surface area contributed by atoms with Gasteiger partial charge in [-0.15, -0.1) is 0 Å². The lowest BCUT2D eigenvalue weighted by atomic mass is 9.89. The molecule has 6 nitrogen and oxygen atoms in total. The van der Waals surface area contributed by atoms with Gasteiger partial charge in [0.05, 0.1) is 12.5 Å². The number of likely N-dealkylation sites (tertiary alicyclic amines) is 1. The monoisotopic (exact) mass is 432 g/mol. The smallest absolute Gasteiger partial charge is 0.254 e. The predicted octanol–water partition coefficient (Wildman–Crippen LogP) is 4.62. The molecule has 0 bridgehead atoms. The molecule has 3 aliphatic rings. The molecule has 5 rings (SSSR count). The van der Waals surface area contributed by atoms with E-state index in [4.69, 9.17) is 9.97 Å². The van der Waals surface area contributed by atoms with Gasteiger partial charge in [0.25, 0.3) is 5.91 Å². The third-order valence-corrected chi connectivity index (χ3v) is 7.34. The minimum atomic E-state index is -0.146. The van der Waals surface area contributed by atoms with Crippen molar-refractivity contribution in [1.82, 2.24) is 14.9 Å². The van der Waals surface area contributed by atoms with E-state index in [2.05, 4.69) is 0 Å². The van der Waals surface area contributed by atoms with E-state index in [9.17, 15) is 9.59 Å². The van der Waals surface area contributed by atoms with Crippen LogP contribution in [0, 0.1) is 12.8 Å².